The van der Waals surface area contributed by atoms with Crippen molar-refractivity contribution < 1.29 is 9.13 Å². The number of nitrogens with one attached hydrogen (secondary N) is 1. The minimum atomic E-state index is -0.242. The Hall–Kier alpha value is -1.55. The molecule has 0 spiro atoms. The Kier molecular flexibility index (Phi) is 4.65. The Morgan fingerprint density at radius 3 is 2.55 bits per heavy atom. The highest BCUT2D eigenvalue weighted by Crippen LogP contribution is 2.29. The van der Waals surface area contributed by atoms with Gasteiger partial charge in [-0.25, -0.2) is 4.39 Å². The lowest BCUT2D eigenvalue weighted by Crippen LogP contribution is -2.08. The molecule has 20 heavy (non-hydrogen) atoms. The molecule has 0 saturated heterocycles. The van der Waals surface area contributed by atoms with E-state index in [0.29, 0.717) is 0 Å². The fourth-order valence-corrected chi connectivity index (χ4v) is 2.78. The van der Waals surface area contributed by atoms with Crippen molar-refractivity contribution in [2.45, 2.75) is 19.9 Å². The van der Waals surface area contributed by atoms with Gasteiger partial charge in [-0.15, -0.1) is 0 Å². The minimum Gasteiger partial charge on any atom is -0.497 e. The number of hydrogen-bond donors (Lipinski definition) is 1. The molecule has 0 radical (unpaired) electrons. The molecule has 1 atom stereocenters. The fourth-order valence-electron chi connectivity index (χ4n) is 2.09. The van der Waals surface area contributed by atoms with E-state index in [1.807, 2.05) is 32.0 Å². The lowest BCUT2D eigenvalue weighted by molar-refractivity contribution is 0.414. The van der Waals surface area contributed by atoms with Crippen molar-refractivity contribution in [3.05, 3.63) is 57.8 Å². The monoisotopic (exact) mass is 337 g/mol. The van der Waals surface area contributed by atoms with E-state index >= 15 is 0 Å². The summed E-state index contributed by atoms with van der Waals surface area (Å²) in [6.45, 7) is 4.07. The van der Waals surface area contributed by atoms with E-state index in [1.54, 1.807) is 13.2 Å². The second kappa shape index (κ2) is 6.27. The van der Waals surface area contributed by atoms with Gasteiger partial charge in [0, 0.05) is 16.2 Å². The summed E-state index contributed by atoms with van der Waals surface area (Å²) in [5.74, 6) is 0.595. The second-order valence-electron chi connectivity index (χ2n) is 4.71. The molecule has 1 unspecified atom stereocenters. The lowest BCUT2D eigenvalue weighted by atomic mass is 10.1. The van der Waals surface area contributed by atoms with Crippen molar-refractivity contribution in [1.82, 2.24) is 0 Å². The van der Waals surface area contributed by atoms with Gasteiger partial charge in [0.1, 0.15) is 11.6 Å². The first-order chi connectivity index (χ1) is 9.51. The van der Waals surface area contributed by atoms with Gasteiger partial charge in [-0.3, -0.25) is 0 Å². The fraction of sp³-hybridized carbons (Fsp3) is 0.250. The molecule has 0 aliphatic heterocycles. The zero-order valence-electron chi connectivity index (χ0n) is 11.7. The predicted octanol–water partition coefficient (Wildman–Crippen LogP) is 5.08. The number of ether oxygens (including phenoxy) is 1. The molecule has 0 fully saturated rings. The van der Waals surface area contributed by atoms with Crippen molar-refractivity contribution >= 4 is 21.6 Å². The zero-order chi connectivity index (χ0) is 14.7. The largest absolute Gasteiger partial charge is 0.497 e. The topological polar surface area (TPSA) is 21.3 Å². The van der Waals surface area contributed by atoms with Gasteiger partial charge in [-0.05, 0) is 55.3 Å². The molecule has 106 valence electrons. The molecule has 0 amide bonds. The average Bonchev–Trinajstić information content (AvgIpc) is 2.40. The Morgan fingerprint density at radius 1 is 1.20 bits per heavy atom. The molecule has 0 bridgehead atoms. The van der Waals surface area contributed by atoms with Gasteiger partial charge in [0.05, 0.1) is 7.11 Å². The minimum absolute atomic E-state index is 0.0667. The zero-order valence-corrected chi connectivity index (χ0v) is 13.3. The standard InChI is InChI=1S/C16H17BrFNO/c1-10-8-13(20-3)5-7-16(10)19-11(2)14-6-4-12(18)9-15(14)17/h4-9,11,19H,1-3H3. The first-order valence-corrected chi connectivity index (χ1v) is 7.16. The molecule has 0 aliphatic carbocycles. The van der Waals surface area contributed by atoms with Crippen LogP contribution in [0.5, 0.6) is 5.75 Å². The van der Waals surface area contributed by atoms with Gasteiger partial charge < -0.3 is 10.1 Å². The summed E-state index contributed by atoms with van der Waals surface area (Å²) in [7, 11) is 1.65. The highest BCUT2D eigenvalue weighted by molar-refractivity contribution is 9.10. The maximum atomic E-state index is 13.1. The summed E-state index contributed by atoms with van der Waals surface area (Å²) >= 11 is 3.40. The van der Waals surface area contributed by atoms with Crippen molar-refractivity contribution in [3.8, 4) is 5.75 Å². The lowest BCUT2D eigenvalue weighted by Gasteiger charge is -2.19. The summed E-state index contributed by atoms with van der Waals surface area (Å²) in [6, 6.07) is 10.7. The Morgan fingerprint density at radius 2 is 1.95 bits per heavy atom. The van der Waals surface area contributed by atoms with E-state index < -0.39 is 0 Å². The first-order valence-electron chi connectivity index (χ1n) is 6.37. The number of benzene rings is 2. The van der Waals surface area contributed by atoms with Crippen molar-refractivity contribution in [2.75, 3.05) is 12.4 Å². The normalized spacial score (nSPS) is 12.1. The van der Waals surface area contributed by atoms with Gasteiger partial charge in [0.15, 0.2) is 0 Å². The van der Waals surface area contributed by atoms with Crippen LogP contribution in [0, 0.1) is 12.7 Å². The van der Waals surface area contributed by atoms with Crippen molar-refractivity contribution in [2.24, 2.45) is 0 Å². The summed E-state index contributed by atoms with van der Waals surface area (Å²) in [4.78, 5) is 0. The number of methoxy groups -OCH3 is 1. The Bertz CT molecular complexity index is 615. The van der Waals surface area contributed by atoms with Gasteiger partial charge in [0.2, 0.25) is 0 Å². The van der Waals surface area contributed by atoms with E-state index in [-0.39, 0.29) is 11.9 Å². The molecule has 1 N–H and O–H groups in total. The quantitative estimate of drug-likeness (QED) is 0.840. The third kappa shape index (κ3) is 3.31. The summed E-state index contributed by atoms with van der Waals surface area (Å²) in [5.41, 5.74) is 3.16. The van der Waals surface area contributed by atoms with E-state index in [0.717, 1.165) is 27.0 Å². The van der Waals surface area contributed by atoms with Crippen molar-refractivity contribution in [3.63, 3.8) is 0 Å². The first kappa shape index (κ1) is 14.9. The number of halogens is 2. The second-order valence-corrected chi connectivity index (χ2v) is 5.57. The van der Waals surface area contributed by atoms with Crippen LogP contribution in [0.1, 0.15) is 24.1 Å². The molecule has 2 aromatic rings. The Labute approximate surface area is 127 Å². The summed E-state index contributed by atoms with van der Waals surface area (Å²) < 4.78 is 19.1. The van der Waals surface area contributed by atoms with Crippen LogP contribution in [-0.2, 0) is 0 Å². The third-order valence-electron chi connectivity index (χ3n) is 3.23. The van der Waals surface area contributed by atoms with E-state index in [9.17, 15) is 4.39 Å². The molecule has 0 aliphatic rings. The molecule has 4 heteroatoms. The van der Waals surface area contributed by atoms with Crippen LogP contribution in [0.4, 0.5) is 10.1 Å². The Balaban J connectivity index is 2.21. The summed E-state index contributed by atoms with van der Waals surface area (Å²) in [6.07, 6.45) is 0. The average molecular weight is 338 g/mol. The van der Waals surface area contributed by atoms with Crippen LogP contribution in [0.2, 0.25) is 0 Å². The molecule has 2 rings (SSSR count). The highest BCUT2D eigenvalue weighted by Gasteiger charge is 2.11. The highest BCUT2D eigenvalue weighted by atomic mass is 79.9. The van der Waals surface area contributed by atoms with Gasteiger partial charge >= 0.3 is 0 Å². The smallest absolute Gasteiger partial charge is 0.124 e. The molecule has 2 aromatic carbocycles. The molecule has 0 saturated carbocycles. The van der Waals surface area contributed by atoms with Crippen LogP contribution >= 0.6 is 15.9 Å². The van der Waals surface area contributed by atoms with Crippen LogP contribution in [0.3, 0.4) is 0 Å². The van der Waals surface area contributed by atoms with Crippen LogP contribution < -0.4 is 10.1 Å². The maximum absolute atomic E-state index is 13.1. The van der Waals surface area contributed by atoms with Gasteiger partial charge in [-0.2, -0.15) is 0 Å². The summed E-state index contributed by atoms with van der Waals surface area (Å²) in [5, 5.41) is 3.43. The molecular formula is C16H17BrFNO. The molecule has 2 nitrogen and oxygen atoms in total. The van der Waals surface area contributed by atoms with Gasteiger partial charge in [-0.1, -0.05) is 22.0 Å². The molecule has 0 aromatic heterocycles. The number of anilines is 1. The van der Waals surface area contributed by atoms with Crippen LogP contribution in [0.15, 0.2) is 40.9 Å². The van der Waals surface area contributed by atoms with Crippen LogP contribution in [0.25, 0.3) is 0 Å². The SMILES string of the molecule is COc1ccc(NC(C)c2ccc(F)cc2Br)c(C)c1. The number of aryl methyl sites for hydroxylation is 1. The van der Waals surface area contributed by atoms with Gasteiger partial charge in [0.25, 0.3) is 0 Å². The number of rotatable bonds is 4. The van der Waals surface area contributed by atoms with E-state index in [1.165, 1.54) is 12.1 Å². The molecule has 0 heterocycles. The van der Waals surface area contributed by atoms with E-state index in [2.05, 4.69) is 21.2 Å². The maximum Gasteiger partial charge on any atom is 0.124 e. The van der Waals surface area contributed by atoms with Crippen molar-refractivity contribution in [1.29, 1.82) is 0 Å². The van der Waals surface area contributed by atoms with Crippen LogP contribution in [-0.4, -0.2) is 7.11 Å². The molecular weight excluding hydrogens is 321 g/mol. The third-order valence-corrected chi connectivity index (χ3v) is 3.92. The van der Waals surface area contributed by atoms with E-state index in [4.69, 9.17) is 4.74 Å². The predicted molar refractivity (Wildman–Crippen MR) is 83.9 cm³/mol. The number of hydrogen-bond acceptors (Lipinski definition) is 2.